The summed E-state index contributed by atoms with van der Waals surface area (Å²) < 4.78 is 5.13. The molecule has 0 aliphatic heterocycles. The van der Waals surface area contributed by atoms with Crippen molar-refractivity contribution in [1.29, 1.82) is 0 Å². The molecule has 0 aliphatic rings. The standard InChI is InChI=1S/C21H23ClN2O4/c1-14-5-11-18(12-6-14)24-20(26)15(2)28-19(25)4-3-13-23-21(27)16-7-9-17(22)10-8-16/h5-12,15H,3-4,13H2,1-2H3,(H,23,27)(H,24,26). The van der Waals surface area contributed by atoms with Crippen LogP contribution in [-0.2, 0) is 14.3 Å². The fraction of sp³-hybridized carbons (Fsp3) is 0.286. The number of hydrogen-bond donors (Lipinski definition) is 2. The third kappa shape index (κ3) is 7.04. The highest BCUT2D eigenvalue weighted by atomic mass is 35.5. The molecule has 0 aliphatic carbocycles. The van der Waals surface area contributed by atoms with E-state index in [4.69, 9.17) is 16.3 Å². The minimum atomic E-state index is -0.905. The van der Waals surface area contributed by atoms with Crippen LogP contribution in [-0.4, -0.2) is 30.4 Å². The summed E-state index contributed by atoms with van der Waals surface area (Å²) in [5.74, 6) is -1.13. The Balaban J connectivity index is 1.67. The van der Waals surface area contributed by atoms with E-state index < -0.39 is 18.0 Å². The number of benzene rings is 2. The monoisotopic (exact) mass is 402 g/mol. The highest BCUT2D eigenvalue weighted by Crippen LogP contribution is 2.11. The second-order valence-corrected chi connectivity index (χ2v) is 6.79. The predicted octanol–water partition coefficient (Wildman–Crippen LogP) is 3.73. The van der Waals surface area contributed by atoms with Crippen molar-refractivity contribution in [2.24, 2.45) is 0 Å². The van der Waals surface area contributed by atoms with E-state index in [1.165, 1.54) is 6.92 Å². The Morgan fingerprint density at radius 2 is 1.68 bits per heavy atom. The molecule has 0 fully saturated rings. The molecule has 2 amide bonds. The van der Waals surface area contributed by atoms with Crippen molar-refractivity contribution >= 4 is 35.1 Å². The maximum atomic E-state index is 12.1. The van der Waals surface area contributed by atoms with Crippen molar-refractivity contribution in [2.45, 2.75) is 32.8 Å². The van der Waals surface area contributed by atoms with Crippen molar-refractivity contribution in [3.8, 4) is 0 Å². The molecule has 0 saturated heterocycles. The average molecular weight is 403 g/mol. The van der Waals surface area contributed by atoms with Gasteiger partial charge in [0, 0.05) is 29.2 Å². The van der Waals surface area contributed by atoms with Crippen molar-refractivity contribution in [2.75, 3.05) is 11.9 Å². The van der Waals surface area contributed by atoms with Gasteiger partial charge in [0.2, 0.25) is 0 Å². The van der Waals surface area contributed by atoms with Gasteiger partial charge < -0.3 is 15.4 Å². The lowest BCUT2D eigenvalue weighted by Crippen LogP contribution is -2.30. The van der Waals surface area contributed by atoms with Crippen LogP contribution >= 0.6 is 11.6 Å². The molecule has 0 radical (unpaired) electrons. The van der Waals surface area contributed by atoms with Crippen LogP contribution in [0.2, 0.25) is 5.02 Å². The van der Waals surface area contributed by atoms with Gasteiger partial charge in [-0.1, -0.05) is 29.3 Å². The highest BCUT2D eigenvalue weighted by Gasteiger charge is 2.17. The summed E-state index contributed by atoms with van der Waals surface area (Å²) in [4.78, 5) is 35.9. The first kappa shape index (κ1) is 21.4. The summed E-state index contributed by atoms with van der Waals surface area (Å²) in [7, 11) is 0. The van der Waals surface area contributed by atoms with Gasteiger partial charge in [-0.2, -0.15) is 0 Å². The molecule has 2 aromatic carbocycles. The number of aryl methyl sites for hydroxylation is 1. The van der Waals surface area contributed by atoms with E-state index in [-0.39, 0.29) is 12.3 Å². The normalized spacial score (nSPS) is 11.4. The molecule has 0 aromatic heterocycles. The van der Waals surface area contributed by atoms with Crippen LogP contribution in [0.1, 0.15) is 35.7 Å². The minimum Gasteiger partial charge on any atom is -0.453 e. The summed E-state index contributed by atoms with van der Waals surface area (Å²) in [6.45, 7) is 3.79. The molecule has 148 valence electrons. The van der Waals surface area contributed by atoms with Gasteiger partial charge in [0.1, 0.15) is 0 Å². The Morgan fingerprint density at radius 3 is 2.32 bits per heavy atom. The van der Waals surface area contributed by atoms with Crippen molar-refractivity contribution in [3.63, 3.8) is 0 Å². The smallest absolute Gasteiger partial charge is 0.306 e. The van der Waals surface area contributed by atoms with Crippen LogP contribution < -0.4 is 10.6 Å². The van der Waals surface area contributed by atoms with Crippen molar-refractivity contribution in [3.05, 3.63) is 64.7 Å². The number of carbonyl (C=O) groups is 3. The van der Waals surface area contributed by atoms with E-state index in [0.717, 1.165) is 5.56 Å². The minimum absolute atomic E-state index is 0.100. The number of esters is 1. The first-order valence-electron chi connectivity index (χ1n) is 8.96. The van der Waals surface area contributed by atoms with Crippen LogP contribution in [0, 0.1) is 6.92 Å². The van der Waals surface area contributed by atoms with Gasteiger partial charge in [-0.3, -0.25) is 14.4 Å². The maximum Gasteiger partial charge on any atom is 0.306 e. The van der Waals surface area contributed by atoms with Crippen LogP contribution in [0.3, 0.4) is 0 Å². The second kappa shape index (κ2) is 10.5. The highest BCUT2D eigenvalue weighted by molar-refractivity contribution is 6.30. The molecule has 2 N–H and O–H groups in total. The van der Waals surface area contributed by atoms with Crippen LogP contribution in [0.25, 0.3) is 0 Å². The van der Waals surface area contributed by atoms with Crippen molar-refractivity contribution < 1.29 is 19.1 Å². The number of anilines is 1. The number of rotatable bonds is 8. The molecule has 6 nitrogen and oxygen atoms in total. The van der Waals surface area contributed by atoms with Gasteiger partial charge in [-0.05, 0) is 56.7 Å². The molecule has 7 heteroatoms. The first-order chi connectivity index (χ1) is 13.3. The number of nitrogens with one attached hydrogen (secondary N) is 2. The van der Waals surface area contributed by atoms with Gasteiger partial charge in [-0.25, -0.2) is 0 Å². The van der Waals surface area contributed by atoms with Crippen LogP contribution in [0.4, 0.5) is 5.69 Å². The molecular weight excluding hydrogens is 380 g/mol. The van der Waals surface area contributed by atoms with E-state index in [1.54, 1.807) is 36.4 Å². The van der Waals surface area contributed by atoms with Crippen molar-refractivity contribution in [1.82, 2.24) is 5.32 Å². The van der Waals surface area contributed by atoms with E-state index in [2.05, 4.69) is 10.6 Å². The molecule has 2 aromatic rings. The second-order valence-electron chi connectivity index (χ2n) is 6.35. The summed E-state index contributed by atoms with van der Waals surface area (Å²) in [5.41, 5.74) is 2.22. The lowest BCUT2D eigenvalue weighted by molar-refractivity contribution is -0.153. The molecule has 28 heavy (non-hydrogen) atoms. The molecule has 2 rings (SSSR count). The third-order valence-corrected chi connectivity index (χ3v) is 4.20. The zero-order valence-corrected chi connectivity index (χ0v) is 16.6. The van der Waals surface area contributed by atoms with Crippen LogP contribution in [0.15, 0.2) is 48.5 Å². The molecule has 0 saturated carbocycles. The molecule has 0 bridgehead atoms. The molecule has 0 heterocycles. The first-order valence-corrected chi connectivity index (χ1v) is 9.34. The summed E-state index contributed by atoms with van der Waals surface area (Å²) in [6, 6.07) is 13.8. The van der Waals surface area contributed by atoms with Gasteiger partial charge in [0.05, 0.1) is 0 Å². The average Bonchev–Trinajstić information content (AvgIpc) is 2.67. The van der Waals surface area contributed by atoms with E-state index in [1.807, 2.05) is 19.1 Å². The largest absolute Gasteiger partial charge is 0.453 e. The zero-order valence-electron chi connectivity index (χ0n) is 15.8. The SMILES string of the molecule is Cc1ccc(NC(=O)C(C)OC(=O)CCCNC(=O)c2ccc(Cl)cc2)cc1. The molecule has 1 unspecified atom stereocenters. The summed E-state index contributed by atoms with van der Waals surface area (Å²) in [5, 5.41) is 5.97. The Hall–Kier alpha value is -2.86. The third-order valence-electron chi connectivity index (χ3n) is 3.95. The maximum absolute atomic E-state index is 12.1. The number of amides is 2. The summed E-state index contributed by atoms with van der Waals surface area (Å²) >= 11 is 5.78. The predicted molar refractivity (Wildman–Crippen MR) is 108 cm³/mol. The molecular formula is C21H23ClN2O4. The molecule has 0 spiro atoms. The lowest BCUT2D eigenvalue weighted by atomic mass is 10.2. The van der Waals surface area contributed by atoms with E-state index in [9.17, 15) is 14.4 Å². The number of halogens is 1. The van der Waals surface area contributed by atoms with E-state index >= 15 is 0 Å². The van der Waals surface area contributed by atoms with Gasteiger partial charge in [-0.15, -0.1) is 0 Å². The summed E-state index contributed by atoms with van der Waals surface area (Å²) in [6.07, 6.45) is -0.398. The Kier molecular flexibility index (Phi) is 8.02. The van der Waals surface area contributed by atoms with Gasteiger partial charge in [0.25, 0.3) is 11.8 Å². The van der Waals surface area contributed by atoms with E-state index in [0.29, 0.717) is 29.2 Å². The van der Waals surface area contributed by atoms with Crippen LogP contribution in [0.5, 0.6) is 0 Å². The lowest BCUT2D eigenvalue weighted by Gasteiger charge is -2.13. The fourth-order valence-electron chi connectivity index (χ4n) is 2.33. The Bertz CT molecular complexity index is 819. The molecule has 1 atom stereocenters. The van der Waals surface area contributed by atoms with Gasteiger partial charge >= 0.3 is 5.97 Å². The Labute approximate surface area is 169 Å². The Morgan fingerprint density at radius 1 is 1.04 bits per heavy atom. The topological polar surface area (TPSA) is 84.5 Å². The number of ether oxygens (including phenoxy) is 1. The number of hydrogen-bond acceptors (Lipinski definition) is 4. The van der Waals surface area contributed by atoms with Gasteiger partial charge in [0.15, 0.2) is 6.10 Å². The fourth-order valence-corrected chi connectivity index (χ4v) is 2.45. The quantitative estimate of drug-likeness (QED) is 0.520. The number of carbonyl (C=O) groups excluding carboxylic acids is 3. The zero-order chi connectivity index (χ0) is 20.5.